The third-order valence-corrected chi connectivity index (χ3v) is 4.16. The molecule has 0 fully saturated rings. The fourth-order valence-electron chi connectivity index (χ4n) is 2.88. The molecule has 0 spiro atoms. The molecule has 22 heavy (non-hydrogen) atoms. The van der Waals surface area contributed by atoms with Crippen LogP contribution in [0, 0.1) is 11.8 Å². The maximum absolute atomic E-state index is 5.22. The van der Waals surface area contributed by atoms with Crippen molar-refractivity contribution < 1.29 is 9.47 Å². The Kier molecular flexibility index (Phi) is 7.22. The van der Waals surface area contributed by atoms with Gasteiger partial charge >= 0.3 is 0 Å². The zero-order chi connectivity index (χ0) is 15.6. The predicted molar refractivity (Wildman–Crippen MR) is 90.5 cm³/mol. The van der Waals surface area contributed by atoms with Crippen LogP contribution in [0.15, 0.2) is 41.5 Å². The van der Waals surface area contributed by atoms with Crippen LogP contribution in [0.2, 0.25) is 0 Å². The maximum Gasteiger partial charge on any atom is 0.156 e. The Labute approximate surface area is 134 Å². The summed E-state index contributed by atoms with van der Waals surface area (Å²) < 4.78 is 10.4. The first-order valence-electron chi connectivity index (χ1n) is 8.17. The lowest BCUT2D eigenvalue weighted by molar-refractivity contribution is -0.107. The molecule has 118 valence electrons. The number of unbranched alkanes of at least 4 members (excludes halogenated alkanes) is 1. The largest absolute Gasteiger partial charge is 0.356 e. The Balaban J connectivity index is 1.85. The van der Waals surface area contributed by atoms with Crippen molar-refractivity contribution in [2.24, 2.45) is 0 Å². The number of hydrogen-bond donors (Lipinski definition) is 0. The Hall–Kier alpha value is -1.56. The Morgan fingerprint density at radius 2 is 1.77 bits per heavy atom. The quantitative estimate of drug-likeness (QED) is 0.413. The summed E-state index contributed by atoms with van der Waals surface area (Å²) in [7, 11) is 3.40. The van der Waals surface area contributed by atoms with Crippen LogP contribution in [0.3, 0.4) is 0 Å². The molecule has 1 aliphatic carbocycles. The van der Waals surface area contributed by atoms with Crippen LogP contribution in [-0.4, -0.2) is 20.5 Å². The summed E-state index contributed by atoms with van der Waals surface area (Å²) in [6, 6.07) is 10.2. The van der Waals surface area contributed by atoms with E-state index in [2.05, 4.69) is 24.0 Å². The van der Waals surface area contributed by atoms with Gasteiger partial charge in [0.1, 0.15) is 0 Å². The highest BCUT2D eigenvalue weighted by molar-refractivity contribution is 5.43. The van der Waals surface area contributed by atoms with Gasteiger partial charge in [0.2, 0.25) is 0 Å². The van der Waals surface area contributed by atoms with Crippen LogP contribution in [-0.2, 0) is 9.47 Å². The molecule has 1 aromatic rings. The summed E-state index contributed by atoms with van der Waals surface area (Å²) in [4.78, 5) is 0. The van der Waals surface area contributed by atoms with Gasteiger partial charge in [0.15, 0.2) is 6.29 Å². The minimum Gasteiger partial charge on any atom is -0.356 e. The predicted octanol–water partition coefficient (Wildman–Crippen LogP) is 4.70. The third kappa shape index (κ3) is 5.33. The number of allylic oxidation sites excluding steroid dienone is 2. The number of hydrogen-bond acceptors (Lipinski definition) is 2. The standard InChI is InChI=1S/C20H26O2/c1-21-20(22-2)14-7-6-11-18-12-8-13-19(18)16-15-17-9-4-3-5-10-17/h3-5,9-10,20H,6-8,11-14H2,1-2H3. The monoisotopic (exact) mass is 298 g/mol. The molecular formula is C20H26O2. The van der Waals surface area contributed by atoms with Crippen LogP contribution < -0.4 is 0 Å². The second kappa shape index (κ2) is 9.46. The van der Waals surface area contributed by atoms with Gasteiger partial charge in [-0.1, -0.05) is 35.6 Å². The Morgan fingerprint density at radius 1 is 1.00 bits per heavy atom. The van der Waals surface area contributed by atoms with Crippen molar-refractivity contribution in [3.05, 3.63) is 47.0 Å². The molecular weight excluding hydrogens is 272 g/mol. The fourth-order valence-corrected chi connectivity index (χ4v) is 2.88. The van der Waals surface area contributed by atoms with E-state index >= 15 is 0 Å². The van der Waals surface area contributed by atoms with E-state index in [1.54, 1.807) is 19.8 Å². The molecule has 1 aliphatic rings. The van der Waals surface area contributed by atoms with E-state index in [0.29, 0.717) is 0 Å². The average Bonchev–Trinajstić information content (AvgIpc) is 3.01. The highest BCUT2D eigenvalue weighted by atomic mass is 16.7. The molecule has 2 rings (SSSR count). The molecule has 0 bridgehead atoms. The van der Waals surface area contributed by atoms with Gasteiger partial charge in [0.05, 0.1) is 0 Å². The first-order valence-corrected chi connectivity index (χ1v) is 8.17. The van der Waals surface area contributed by atoms with E-state index in [1.807, 2.05) is 18.2 Å². The summed E-state index contributed by atoms with van der Waals surface area (Å²) in [5, 5.41) is 0. The van der Waals surface area contributed by atoms with Gasteiger partial charge in [-0.25, -0.2) is 0 Å². The number of benzene rings is 1. The lowest BCUT2D eigenvalue weighted by Gasteiger charge is -2.12. The first kappa shape index (κ1) is 16.8. The molecule has 1 aromatic carbocycles. The first-order chi connectivity index (χ1) is 10.8. The van der Waals surface area contributed by atoms with Gasteiger partial charge in [0, 0.05) is 25.4 Å². The van der Waals surface area contributed by atoms with Gasteiger partial charge < -0.3 is 9.47 Å². The van der Waals surface area contributed by atoms with Gasteiger partial charge in [0.25, 0.3) is 0 Å². The molecule has 0 amide bonds. The van der Waals surface area contributed by atoms with Crippen molar-refractivity contribution in [2.45, 2.75) is 51.2 Å². The zero-order valence-electron chi connectivity index (χ0n) is 13.7. The zero-order valence-corrected chi connectivity index (χ0v) is 13.7. The van der Waals surface area contributed by atoms with Crippen molar-refractivity contribution in [1.82, 2.24) is 0 Å². The summed E-state index contributed by atoms with van der Waals surface area (Å²) in [5.74, 6) is 6.70. The minimum absolute atomic E-state index is 0.0603. The van der Waals surface area contributed by atoms with Gasteiger partial charge in [-0.2, -0.15) is 0 Å². The van der Waals surface area contributed by atoms with E-state index in [0.717, 1.165) is 24.8 Å². The molecule has 0 unspecified atom stereocenters. The van der Waals surface area contributed by atoms with Crippen molar-refractivity contribution in [3.8, 4) is 11.8 Å². The van der Waals surface area contributed by atoms with Gasteiger partial charge in [-0.05, 0) is 57.1 Å². The molecule has 0 saturated carbocycles. The molecule has 0 aliphatic heterocycles. The smallest absolute Gasteiger partial charge is 0.156 e. The summed E-state index contributed by atoms with van der Waals surface area (Å²) in [5.41, 5.74) is 4.04. The molecule has 0 heterocycles. The van der Waals surface area contributed by atoms with E-state index in [-0.39, 0.29) is 6.29 Å². The molecule has 2 heteroatoms. The third-order valence-electron chi connectivity index (χ3n) is 4.16. The van der Waals surface area contributed by atoms with Crippen molar-refractivity contribution in [1.29, 1.82) is 0 Å². The van der Waals surface area contributed by atoms with E-state index in [4.69, 9.17) is 9.47 Å². The number of methoxy groups -OCH3 is 2. The Bertz CT molecular complexity index is 530. The molecule has 0 saturated heterocycles. The highest BCUT2D eigenvalue weighted by Gasteiger charge is 2.13. The maximum atomic E-state index is 5.22. The lowest BCUT2D eigenvalue weighted by atomic mass is 10.0. The van der Waals surface area contributed by atoms with E-state index in [9.17, 15) is 0 Å². The van der Waals surface area contributed by atoms with Crippen LogP contribution in [0.25, 0.3) is 0 Å². The fraction of sp³-hybridized carbons (Fsp3) is 0.500. The highest BCUT2D eigenvalue weighted by Crippen LogP contribution is 2.29. The second-order valence-electron chi connectivity index (χ2n) is 5.70. The van der Waals surface area contributed by atoms with Gasteiger partial charge in [-0.3, -0.25) is 0 Å². The van der Waals surface area contributed by atoms with Crippen molar-refractivity contribution in [2.75, 3.05) is 14.2 Å². The molecule has 0 atom stereocenters. The van der Waals surface area contributed by atoms with Crippen molar-refractivity contribution in [3.63, 3.8) is 0 Å². The number of rotatable bonds is 7. The SMILES string of the molecule is COC(CCCCC1=C(C#Cc2ccccc2)CCC1)OC. The normalized spacial score (nSPS) is 14.3. The average molecular weight is 298 g/mol. The van der Waals surface area contributed by atoms with Crippen LogP contribution in [0.5, 0.6) is 0 Å². The van der Waals surface area contributed by atoms with Crippen LogP contribution in [0.4, 0.5) is 0 Å². The molecule has 0 N–H and O–H groups in total. The molecule has 0 aromatic heterocycles. The second-order valence-corrected chi connectivity index (χ2v) is 5.70. The summed E-state index contributed by atoms with van der Waals surface area (Å²) >= 11 is 0. The van der Waals surface area contributed by atoms with Crippen LogP contribution >= 0.6 is 0 Å². The summed E-state index contributed by atoms with van der Waals surface area (Å²) in [6.45, 7) is 0. The van der Waals surface area contributed by atoms with E-state index < -0.39 is 0 Å². The van der Waals surface area contributed by atoms with Gasteiger partial charge in [-0.15, -0.1) is 0 Å². The number of ether oxygens (including phenoxy) is 2. The van der Waals surface area contributed by atoms with Crippen molar-refractivity contribution >= 4 is 0 Å². The van der Waals surface area contributed by atoms with Crippen LogP contribution in [0.1, 0.15) is 50.5 Å². The minimum atomic E-state index is -0.0603. The summed E-state index contributed by atoms with van der Waals surface area (Å²) in [6.07, 6.45) is 8.02. The Morgan fingerprint density at radius 3 is 2.50 bits per heavy atom. The molecule has 0 radical (unpaired) electrons. The topological polar surface area (TPSA) is 18.5 Å². The molecule has 2 nitrogen and oxygen atoms in total. The van der Waals surface area contributed by atoms with E-state index in [1.165, 1.54) is 31.3 Å². The lowest BCUT2D eigenvalue weighted by Crippen LogP contribution is -2.12.